The molecule has 0 spiro atoms. The van der Waals surface area contributed by atoms with Crippen LogP contribution in [0, 0.1) is 5.92 Å². The minimum atomic E-state index is -4.21. The number of benzene rings is 1. The van der Waals surface area contributed by atoms with E-state index in [-0.39, 0.29) is 35.8 Å². The molecule has 1 atom stereocenters. The maximum atomic E-state index is 12.9. The molecule has 1 aliphatic heterocycles. The first-order valence-corrected chi connectivity index (χ1v) is 10.4. The van der Waals surface area contributed by atoms with E-state index in [1.807, 2.05) is 29.2 Å². The van der Waals surface area contributed by atoms with Crippen LogP contribution in [-0.2, 0) is 11.3 Å². The topological polar surface area (TPSA) is 60.0 Å². The zero-order valence-corrected chi connectivity index (χ0v) is 20.2. The van der Waals surface area contributed by atoms with Gasteiger partial charge >= 0.3 is 6.18 Å². The van der Waals surface area contributed by atoms with Gasteiger partial charge in [0.25, 0.3) is 0 Å². The Bertz CT molecular complexity index is 762. The molecule has 1 heterocycles. The summed E-state index contributed by atoms with van der Waals surface area (Å²) in [6.07, 6.45) is -1.18. The number of rotatable bonds is 5. The number of carbonyl (C=O) groups excluding carboxylic acids is 1. The number of guanidine groups is 1. The summed E-state index contributed by atoms with van der Waals surface area (Å²) in [7, 11) is 1.67. The summed E-state index contributed by atoms with van der Waals surface area (Å²) in [5.41, 5.74) is 1.77. The van der Waals surface area contributed by atoms with Gasteiger partial charge in [0.1, 0.15) is 6.04 Å². The summed E-state index contributed by atoms with van der Waals surface area (Å²) in [5, 5.41) is 6.25. The van der Waals surface area contributed by atoms with Gasteiger partial charge in [-0.15, -0.1) is 24.0 Å². The SMILES string of the molecule is CN=C(NCc1cccc(NC(=O)C2CCC2)c1)N1CCN(C(C)C(F)(F)F)CC1.I. The van der Waals surface area contributed by atoms with Crippen molar-refractivity contribution in [3.8, 4) is 0 Å². The van der Waals surface area contributed by atoms with Gasteiger partial charge < -0.3 is 15.5 Å². The first-order chi connectivity index (χ1) is 14.3. The quantitative estimate of drug-likeness (QED) is 0.332. The number of aliphatic imine (C=N–C) groups is 1. The van der Waals surface area contributed by atoms with Crippen LogP contribution in [0.3, 0.4) is 0 Å². The molecule has 0 bridgehead atoms. The first-order valence-electron chi connectivity index (χ1n) is 10.4. The summed E-state index contributed by atoms with van der Waals surface area (Å²) in [6, 6.07) is 6.22. The second-order valence-electron chi connectivity index (χ2n) is 7.96. The van der Waals surface area contributed by atoms with Crippen LogP contribution in [0.2, 0.25) is 0 Å². The standard InChI is InChI=1S/C21H30F3N5O.HI/c1-15(21(22,23)24)28-9-11-29(12-10-28)20(25-2)26-14-16-5-3-8-18(13-16)27-19(30)17-6-4-7-17;/h3,5,8,13,15,17H,4,6-7,9-12,14H2,1-2H3,(H,25,26)(H,27,30);1H. The Hall–Kier alpha value is -1.56. The van der Waals surface area contributed by atoms with E-state index in [9.17, 15) is 18.0 Å². The molecular formula is C21H31F3IN5O. The zero-order chi connectivity index (χ0) is 21.7. The van der Waals surface area contributed by atoms with E-state index in [1.54, 1.807) is 7.05 Å². The molecule has 0 radical (unpaired) electrons. The van der Waals surface area contributed by atoms with Gasteiger partial charge in [0, 0.05) is 51.4 Å². The Morgan fingerprint density at radius 3 is 2.45 bits per heavy atom. The number of nitrogens with one attached hydrogen (secondary N) is 2. The van der Waals surface area contributed by atoms with Crippen molar-refractivity contribution in [2.45, 2.75) is 44.9 Å². The normalized spacial score (nSPS) is 19.3. The Morgan fingerprint density at radius 1 is 1.23 bits per heavy atom. The van der Waals surface area contributed by atoms with Crippen LogP contribution in [0.25, 0.3) is 0 Å². The van der Waals surface area contributed by atoms with Crippen molar-refractivity contribution in [2.75, 3.05) is 38.5 Å². The van der Waals surface area contributed by atoms with Gasteiger partial charge in [0.05, 0.1) is 0 Å². The lowest BCUT2D eigenvalue weighted by Crippen LogP contribution is -2.56. The summed E-state index contributed by atoms with van der Waals surface area (Å²) in [4.78, 5) is 19.8. The Balaban J connectivity index is 0.00000341. The maximum Gasteiger partial charge on any atom is 0.403 e. The second-order valence-corrected chi connectivity index (χ2v) is 7.96. The van der Waals surface area contributed by atoms with Crippen LogP contribution in [0.5, 0.6) is 0 Å². The largest absolute Gasteiger partial charge is 0.403 e. The number of piperazine rings is 1. The third-order valence-corrected chi connectivity index (χ3v) is 5.97. The van der Waals surface area contributed by atoms with Crippen LogP contribution in [0.4, 0.5) is 18.9 Å². The van der Waals surface area contributed by atoms with E-state index in [4.69, 9.17) is 0 Å². The van der Waals surface area contributed by atoms with Gasteiger partial charge in [-0.1, -0.05) is 18.6 Å². The van der Waals surface area contributed by atoms with Crippen LogP contribution in [0.15, 0.2) is 29.3 Å². The molecule has 2 aliphatic rings. The molecule has 2 N–H and O–H groups in total. The van der Waals surface area contributed by atoms with Crippen molar-refractivity contribution in [3.05, 3.63) is 29.8 Å². The fourth-order valence-electron chi connectivity index (χ4n) is 3.72. The van der Waals surface area contributed by atoms with E-state index >= 15 is 0 Å². The molecule has 2 fully saturated rings. The molecule has 174 valence electrons. The maximum absolute atomic E-state index is 12.9. The first kappa shape index (κ1) is 25.7. The van der Waals surface area contributed by atoms with Gasteiger partial charge in [-0.25, -0.2) is 0 Å². The molecule has 10 heteroatoms. The lowest BCUT2D eigenvalue weighted by atomic mass is 9.85. The number of alkyl halides is 3. The molecular weight excluding hydrogens is 522 g/mol. The van der Waals surface area contributed by atoms with Crippen molar-refractivity contribution in [1.29, 1.82) is 0 Å². The lowest BCUT2D eigenvalue weighted by molar-refractivity contribution is -0.181. The van der Waals surface area contributed by atoms with Crippen molar-refractivity contribution in [2.24, 2.45) is 10.9 Å². The van der Waals surface area contributed by atoms with E-state index in [1.165, 1.54) is 11.8 Å². The predicted octanol–water partition coefficient (Wildman–Crippen LogP) is 3.69. The molecule has 6 nitrogen and oxygen atoms in total. The van der Waals surface area contributed by atoms with Gasteiger partial charge in [-0.2, -0.15) is 13.2 Å². The molecule has 1 aromatic carbocycles. The predicted molar refractivity (Wildman–Crippen MR) is 127 cm³/mol. The smallest absolute Gasteiger partial charge is 0.352 e. The molecule has 1 saturated heterocycles. The second kappa shape index (κ2) is 11.3. The highest BCUT2D eigenvalue weighted by atomic mass is 127. The Kier molecular flexibility index (Phi) is 9.41. The number of anilines is 1. The van der Waals surface area contributed by atoms with Crippen molar-refractivity contribution in [1.82, 2.24) is 15.1 Å². The number of hydrogen-bond acceptors (Lipinski definition) is 3. The molecule has 1 amide bonds. The zero-order valence-electron chi connectivity index (χ0n) is 17.9. The number of nitrogens with zero attached hydrogens (tertiary/aromatic N) is 3. The van der Waals surface area contributed by atoms with Gasteiger partial charge in [-0.3, -0.25) is 14.7 Å². The van der Waals surface area contributed by atoms with Crippen molar-refractivity contribution >= 4 is 41.5 Å². The fourth-order valence-corrected chi connectivity index (χ4v) is 3.72. The summed E-state index contributed by atoms with van der Waals surface area (Å²) < 4.78 is 38.8. The highest BCUT2D eigenvalue weighted by molar-refractivity contribution is 14.0. The van der Waals surface area contributed by atoms with E-state index in [2.05, 4.69) is 15.6 Å². The number of carbonyl (C=O) groups is 1. The minimum Gasteiger partial charge on any atom is -0.352 e. The highest BCUT2D eigenvalue weighted by Crippen LogP contribution is 2.28. The highest BCUT2D eigenvalue weighted by Gasteiger charge is 2.41. The van der Waals surface area contributed by atoms with Crippen LogP contribution < -0.4 is 10.6 Å². The average Bonchev–Trinajstić information content (AvgIpc) is 2.66. The fraction of sp³-hybridized carbons (Fsp3) is 0.619. The van der Waals surface area contributed by atoms with Crippen LogP contribution in [0.1, 0.15) is 31.7 Å². The van der Waals surface area contributed by atoms with Crippen molar-refractivity contribution in [3.63, 3.8) is 0 Å². The minimum absolute atomic E-state index is 0. The number of amides is 1. The lowest BCUT2D eigenvalue weighted by Gasteiger charge is -2.39. The van der Waals surface area contributed by atoms with E-state index in [0.29, 0.717) is 38.7 Å². The molecule has 31 heavy (non-hydrogen) atoms. The average molecular weight is 553 g/mol. The van der Waals surface area contributed by atoms with E-state index < -0.39 is 12.2 Å². The molecule has 3 rings (SSSR count). The third kappa shape index (κ3) is 6.96. The third-order valence-electron chi connectivity index (χ3n) is 5.97. The molecule has 1 saturated carbocycles. The van der Waals surface area contributed by atoms with Gasteiger partial charge in [0.2, 0.25) is 5.91 Å². The number of halogens is 4. The summed E-state index contributed by atoms with van der Waals surface area (Å²) in [5.74, 6) is 0.871. The van der Waals surface area contributed by atoms with Crippen LogP contribution >= 0.6 is 24.0 Å². The van der Waals surface area contributed by atoms with Crippen molar-refractivity contribution < 1.29 is 18.0 Å². The summed E-state index contributed by atoms with van der Waals surface area (Å²) >= 11 is 0. The number of hydrogen-bond donors (Lipinski definition) is 2. The molecule has 0 aromatic heterocycles. The van der Waals surface area contributed by atoms with Crippen LogP contribution in [-0.4, -0.2) is 67.1 Å². The van der Waals surface area contributed by atoms with E-state index in [0.717, 1.165) is 30.5 Å². The monoisotopic (exact) mass is 553 g/mol. The molecule has 1 unspecified atom stereocenters. The Labute approximate surface area is 198 Å². The van der Waals surface area contributed by atoms with Gasteiger partial charge in [-0.05, 0) is 37.5 Å². The Morgan fingerprint density at radius 2 is 1.90 bits per heavy atom. The summed E-state index contributed by atoms with van der Waals surface area (Å²) in [6.45, 7) is 3.36. The van der Waals surface area contributed by atoms with Gasteiger partial charge in [0.15, 0.2) is 5.96 Å². The molecule has 1 aromatic rings. The molecule has 1 aliphatic carbocycles.